The highest BCUT2D eigenvalue weighted by molar-refractivity contribution is 7.92. The van der Waals surface area contributed by atoms with Crippen LogP contribution in [0, 0.1) is 27.7 Å². The van der Waals surface area contributed by atoms with Gasteiger partial charge in [-0.3, -0.25) is 4.72 Å². The SMILES string of the molecule is Cc1cc(C)cc(S(=O)(=O)Nc2cc(C(=O)O)ccc2N(C)CCc2c(C)noc2C)c1. The second-order valence-corrected chi connectivity index (χ2v) is 9.62. The first-order valence-corrected chi connectivity index (χ1v) is 11.6. The van der Waals surface area contributed by atoms with Crippen LogP contribution < -0.4 is 9.62 Å². The van der Waals surface area contributed by atoms with Crippen molar-refractivity contribution in [1.29, 1.82) is 0 Å². The van der Waals surface area contributed by atoms with Crippen LogP contribution in [-0.4, -0.2) is 38.2 Å². The van der Waals surface area contributed by atoms with Crippen molar-refractivity contribution < 1.29 is 22.8 Å². The summed E-state index contributed by atoms with van der Waals surface area (Å²) in [6.45, 7) is 7.92. The van der Waals surface area contributed by atoms with Crippen molar-refractivity contribution in [1.82, 2.24) is 5.16 Å². The Morgan fingerprint density at radius 2 is 1.75 bits per heavy atom. The van der Waals surface area contributed by atoms with Crippen LogP contribution in [0.15, 0.2) is 45.8 Å². The Bertz CT molecular complexity index is 1220. The fourth-order valence-electron chi connectivity index (χ4n) is 3.63. The summed E-state index contributed by atoms with van der Waals surface area (Å²) in [7, 11) is -2.10. The number of sulfonamides is 1. The lowest BCUT2D eigenvalue weighted by atomic mass is 10.1. The van der Waals surface area contributed by atoms with E-state index in [2.05, 4.69) is 9.88 Å². The third-order valence-electron chi connectivity index (χ3n) is 5.28. The summed E-state index contributed by atoms with van der Waals surface area (Å²) in [6.07, 6.45) is 0.640. The molecule has 9 heteroatoms. The molecule has 32 heavy (non-hydrogen) atoms. The van der Waals surface area contributed by atoms with E-state index in [9.17, 15) is 18.3 Å². The minimum absolute atomic E-state index is 0.00834. The average Bonchev–Trinajstić information content (AvgIpc) is 3.02. The van der Waals surface area contributed by atoms with Gasteiger partial charge in [0.2, 0.25) is 0 Å². The van der Waals surface area contributed by atoms with Crippen molar-refractivity contribution in [3.8, 4) is 0 Å². The molecule has 1 aromatic heterocycles. The summed E-state index contributed by atoms with van der Waals surface area (Å²) in [5.74, 6) is -0.394. The molecule has 0 unspecified atom stereocenters. The fourth-order valence-corrected chi connectivity index (χ4v) is 4.89. The van der Waals surface area contributed by atoms with E-state index >= 15 is 0 Å². The summed E-state index contributed by atoms with van der Waals surface area (Å²) in [6, 6.07) is 9.45. The van der Waals surface area contributed by atoms with Gasteiger partial charge in [0.25, 0.3) is 10.0 Å². The van der Waals surface area contributed by atoms with Crippen molar-refractivity contribution in [2.24, 2.45) is 0 Å². The summed E-state index contributed by atoms with van der Waals surface area (Å²) in [5.41, 5.74) is 4.21. The molecule has 0 aliphatic rings. The number of hydrogen-bond donors (Lipinski definition) is 2. The quantitative estimate of drug-likeness (QED) is 0.524. The Balaban J connectivity index is 1.94. The van der Waals surface area contributed by atoms with Gasteiger partial charge in [0.15, 0.2) is 0 Å². The van der Waals surface area contributed by atoms with Crippen LogP contribution >= 0.6 is 0 Å². The Morgan fingerprint density at radius 1 is 1.09 bits per heavy atom. The number of carbonyl (C=O) groups is 1. The third-order valence-corrected chi connectivity index (χ3v) is 6.63. The van der Waals surface area contributed by atoms with Gasteiger partial charge in [-0.25, -0.2) is 13.2 Å². The molecule has 3 rings (SSSR count). The molecule has 3 aromatic rings. The molecule has 0 spiro atoms. The summed E-state index contributed by atoms with van der Waals surface area (Å²) in [4.78, 5) is 13.5. The van der Waals surface area contributed by atoms with Gasteiger partial charge in [-0.15, -0.1) is 0 Å². The number of nitrogens with one attached hydrogen (secondary N) is 1. The molecule has 0 atom stereocenters. The minimum atomic E-state index is -3.92. The molecule has 2 N–H and O–H groups in total. The molecule has 0 saturated heterocycles. The number of aromatic carboxylic acids is 1. The van der Waals surface area contributed by atoms with Crippen LogP contribution in [0.3, 0.4) is 0 Å². The molecule has 0 bridgehead atoms. The van der Waals surface area contributed by atoms with Crippen LogP contribution in [-0.2, 0) is 16.4 Å². The van der Waals surface area contributed by atoms with E-state index in [1.165, 1.54) is 12.1 Å². The van der Waals surface area contributed by atoms with E-state index in [4.69, 9.17) is 4.52 Å². The lowest BCUT2D eigenvalue weighted by Gasteiger charge is -2.23. The number of aryl methyl sites for hydroxylation is 4. The topological polar surface area (TPSA) is 113 Å². The number of nitrogens with zero attached hydrogens (tertiary/aromatic N) is 2. The maximum absolute atomic E-state index is 13.1. The molecule has 0 aliphatic carbocycles. The van der Waals surface area contributed by atoms with E-state index < -0.39 is 16.0 Å². The number of anilines is 2. The molecule has 0 saturated carbocycles. The first-order valence-electron chi connectivity index (χ1n) is 10.1. The number of rotatable bonds is 8. The number of hydrogen-bond acceptors (Lipinski definition) is 6. The van der Waals surface area contributed by atoms with Crippen LogP contribution in [0.2, 0.25) is 0 Å². The van der Waals surface area contributed by atoms with Crippen LogP contribution in [0.5, 0.6) is 0 Å². The van der Waals surface area contributed by atoms with Gasteiger partial charge in [-0.2, -0.15) is 0 Å². The highest BCUT2D eigenvalue weighted by atomic mass is 32.2. The molecule has 170 valence electrons. The molecule has 0 fully saturated rings. The van der Waals surface area contributed by atoms with Crippen molar-refractivity contribution in [3.05, 3.63) is 70.1 Å². The van der Waals surface area contributed by atoms with E-state index in [1.807, 2.05) is 45.7 Å². The molecule has 0 amide bonds. The number of carboxylic acids is 1. The first-order chi connectivity index (χ1) is 15.0. The van der Waals surface area contributed by atoms with Crippen molar-refractivity contribution in [2.45, 2.75) is 39.0 Å². The highest BCUT2D eigenvalue weighted by Gasteiger charge is 2.20. The molecule has 1 heterocycles. The zero-order valence-corrected chi connectivity index (χ0v) is 19.6. The predicted molar refractivity (Wildman–Crippen MR) is 123 cm³/mol. The number of benzene rings is 2. The van der Waals surface area contributed by atoms with Crippen LogP contribution in [0.25, 0.3) is 0 Å². The summed E-state index contributed by atoms with van der Waals surface area (Å²) in [5, 5.41) is 13.4. The van der Waals surface area contributed by atoms with Crippen LogP contribution in [0.1, 0.15) is 38.5 Å². The second-order valence-electron chi connectivity index (χ2n) is 7.94. The fraction of sp³-hybridized carbons (Fsp3) is 0.304. The zero-order valence-electron chi connectivity index (χ0n) is 18.8. The zero-order chi connectivity index (χ0) is 23.6. The molecule has 0 radical (unpaired) electrons. The number of aromatic nitrogens is 1. The third kappa shape index (κ3) is 5.11. The lowest BCUT2D eigenvalue weighted by molar-refractivity contribution is 0.0697. The van der Waals surface area contributed by atoms with E-state index in [-0.39, 0.29) is 16.1 Å². The number of likely N-dealkylation sites (N-methyl/N-ethyl adjacent to an activating group) is 1. The van der Waals surface area contributed by atoms with Gasteiger partial charge in [0, 0.05) is 19.2 Å². The standard InChI is InChI=1S/C23H27N3O5S/c1-14-10-15(2)12-19(11-14)32(29,30)25-21-13-18(23(27)28)6-7-22(21)26(5)9-8-20-16(3)24-31-17(20)4/h6-7,10-13,25H,8-9H2,1-5H3,(H,27,28). The minimum Gasteiger partial charge on any atom is -0.478 e. The van der Waals surface area contributed by atoms with Crippen molar-refractivity contribution >= 4 is 27.4 Å². The van der Waals surface area contributed by atoms with Gasteiger partial charge in [0.05, 0.1) is 27.5 Å². The Labute approximate surface area is 187 Å². The van der Waals surface area contributed by atoms with Gasteiger partial charge in [-0.05, 0) is 75.6 Å². The lowest BCUT2D eigenvalue weighted by Crippen LogP contribution is -2.23. The Kier molecular flexibility index (Phi) is 6.59. The highest BCUT2D eigenvalue weighted by Crippen LogP contribution is 2.30. The molecular weight excluding hydrogens is 430 g/mol. The monoisotopic (exact) mass is 457 g/mol. The summed E-state index contributed by atoms with van der Waals surface area (Å²) >= 11 is 0. The first kappa shape index (κ1) is 23.3. The normalized spacial score (nSPS) is 11.4. The Hall–Kier alpha value is -3.33. The Morgan fingerprint density at radius 3 is 2.31 bits per heavy atom. The second kappa shape index (κ2) is 9.04. The van der Waals surface area contributed by atoms with Crippen molar-refractivity contribution in [2.75, 3.05) is 23.2 Å². The average molecular weight is 458 g/mol. The maximum atomic E-state index is 13.1. The van der Waals surface area contributed by atoms with Gasteiger partial charge >= 0.3 is 5.97 Å². The molecule has 0 aliphatic heterocycles. The van der Waals surface area contributed by atoms with Crippen molar-refractivity contribution in [3.63, 3.8) is 0 Å². The van der Waals surface area contributed by atoms with Gasteiger partial charge in [0.1, 0.15) is 5.76 Å². The molecule has 2 aromatic carbocycles. The van der Waals surface area contributed by atoms with Gasteiger partial charge in [-0.1, -0.05) is 11.2 Å². The summed E-state index contributed by atoms with van der Waals surface area (Å²) < 4.78 is 34.0. The molecular formula is C23H27N3O5S. The maximum Gasteiger partial charge on any atom is 0.335 e. The predicted octanol–water partition coefficient (Wildman–Crippen LogP) is 4.09. The number of carboxylic acid groups (broad SMARTS) is 1. The van der Waals surface area contributed by atoms with E-state index in [0.29, 0.717) is 18.7 Å². The van der Waals surface area contributed by atoms with Gasteiger partial charge < -0.3 is 14.5 Å². The smallest absolute Gasteiger partial charge is 0.335 e. The molecule has 8 nitrogen and oxygen atoms in total. The largest absolute Gasteiger partial charge is 0.478 e. The van der Waals surface area contributed by atoms with E-state index in [1.54, 1.807) is 18.2 Å². The van der Waals surface area contributed by atoms with Crippen LogP contribution in [0.4, 0.5) is 11.4 Å². The van der Waals surface area contributed by atoms with E-state index in [0.717, 1.165) is 28.1 Å².